The van der Waals surface area contributed by atoms with Crippen LogP contribution in [0.5, 0.6) is 11.5 Å². The van der Waals surface area contributed by atoms with Gasteiger partial charge in [0.15, 0.2) is 0 Å². The van der Waals surface area contributed by atoms with Crippen molar-refractivity contribution >= 4 is 16.7 Å². The van der Waals surface area contributed by atoms with Gasteiger partial charge in [0.2, 0.25) is 0 Å². The molecule has 6 heteroatoms. The lowest BCUT2D eigenvalue weighted by molar-refractivity contribution is 0.479. The highest BCUT2D eigenvalue weighted by atomic mass is 16.5. The number of nitrogens with zero attached hydrogens (tertiary/aromatic N) is 3. The van der Waals surface area contributed by atoms with E-state index in [0.29, 0.717) is 17.1 Å². The Labute approximate surface area is 139 Å². The zero-order valence-electron chi connectivity index (χ0n) is 13.1. The van der Waals surface area contributed by atoms with Crippen molar-refractivity contribution < 1.29 is 4.74 Å². The number of aromatic amines is 1. The summed E-state index contributed by atoms with van der Waals surface area (Å²) in [7, 11) is 0. The van der Waals surface area contributed by atoms with E-state index < -0.39 is 0 Å². The van der Waals surface area contributed by atoms with E-state index in [0.717, 1.165) is 42.9 Å². The van der Waals surface area contributed by atoms with Gasteiger partial charge in [-0.3, -0.25) is 0 Å². The number of benzene rings is 1. The number of anilines is 1. The lowest BCUT2D eigenvalue weighted by Crippen LogP contribution is -2.43. The van der Waals surface area contributed by atoms with Crippen LogP contribution in [0.1, 0.15) is 5.56 Å². The van der Waals surface area contributed by atoms with Crippen LogP contribution in [0, 0.1) is 11.3 Å². The maximum absolute atomic E-state index is 9.36. The molecule has 0 bridgehead atoms. The molecule has 1 aliphatic rings. The minimum absolute atomic E-state index is 0.517. The predicted molar refractivity (Wildman–Crippen MR) is 92.4 cm³/mol. The molecule has 0 spiro atoms. The highest BCUT2D eigenvalue weighted by Gasteiger charge is 2.14. The van der Waals surface area contributed by atoms with Gasteiger partial charge >= 0.3 is 0 Å². The topological polar surface area (TPSA) is 77.0 Å². The standard InChI is InChI=1S/C18H17N5O/c19-11-14-1-2-15(23-7-5-20-6-8-23)10-17(14)24-16-9-13-3-4-21-18(13)22-12-16/h1-4,9-10,12,20H,5-8H2,(H,21,22). The van der Waals surface area contributed by atoms with E-state index in [4.69, 9.17) is 4.74 Å². The summed E-state index contributed by atoms with van der Waals surface area (Å²) < 4.78 is 5.97. The lowest BCUT2D eigenvalue weighted by atomic mass is 10.1. The number of nitrogens with one attached hydrogen (secondary N) is 2. The first kappa shape index (κ1) is 14.5. The molecule has 1 fully saturated rings. The van der Waals surface area contributed by atoms with E-state index >= 15 is 0 Å². The van der Waals surface area contributed by atoms with E-state index in [9.17, 15) is 5.26 Å². The SMILES string of the molecule is N#Cc1ccc(N2CCNCC2)cc1Oc1cnc2[nH]ccc2c1. The Kier molecular flexibility index (Phi) is 3.77. The summed E-state index contributed by atoms with van der Waals surface area (Å²) in [4.78, 5) is 9.67. The molecule has 24 heavy (non-hydrogen) atoms. The number of H-pyrrole nitrogens is 1. The summed E-state index contributed by atoms with van der Waals surface area (Å²) in [5.41, 5.74) is 2.40. The number of piperazine rings is 1. The third kappa shape index (κ3) is 2.77. The van der Waals surface area contributed by atoms with Gasteiger partial charge in [0.1, 0.15) is 23.2 Å². The summed E-state index contributed by atoms with van der Waals surface area (Å²) in [6, 6.07) is 11.8. The van der Waals surface area contributed by atoms with E-state index in [1.807, 2.05) is 36.5 Å². The molecule has 3 aromatic rings. The molecule has 120 valence electrons. The zero-order valence-corrected chi connectivity index (χ0v) is 13.1. The van der Waals surface area contributed by atoms with Crippen molar-refractivity contribution in [3.05, 3.63) is 48.3 Å². The van der Waals surface area contributed by atoms with E-state index in [1.165, 1.54) is 0 Å². The number of hydrogen-bond acceptors (Lipinski definition) is 5. The van der Waals surface area contributed by atoms with Gasteiger partial charge in [-0.05, 0) is 24.3 Å². The molecule has 0 atom stereocenters. The van der Waals surface area contributed by atoms with Crippen molar-refractivity contribution in [3.63, 3.8) is 0 Å². The van der Waals surface area contributed by atoms with Crippen molar-refractivity contribution in [2.75, 3.05) is 31.1 Å². The average molecular weight is 319 g/mol. The fourth-order valence-corrected chi connectivity index (χ4v) is 2.91. The van der Waals surface area contributed by atoms with Crippen molar-refractivity contribution in [1.82, 2.24) is 15.3 Å². The van der Waals surface area contributed by atoms with Crippen molar-refractivity contribution in [1.29, 1.82) is 5.26 Å². The fraction of sp³-hybridized carbons (Fsp3) is 0.222. The Hall–Kier alpha value is -3.04. The van der Waals surface area contributed by atoms with Crippen molar-refractivity contribution in [3.8, 4) is 17.6 Å². The van der Waals surface area contributed by atoms with Gasteiger partial charge in [0.05, 0.1) is 11.8 Å². The highest BCUT2D eigenvalue weighted by molar-refractivity contribution is 5.76. The van der Waals surface area contributed by atoms with Crippen LogP contribution in [-0.4, -0.2) is 36.1 Å². The number of hydrogen-bond donors (Lipinski definition) is 2. The van der Waals surface area contributed by atoms with Crippen LogP contribution in [0.25, 0.3) is 11.0 Å². The largest absolute Gasteiger partial charge is 0.454 e. The number of rotatable bonds is 3. The number of ether oxygens (including phenoxy) is 1. The molecule has 4 rings (SSSR count). The molecule has 6 nitrogen and oxygen atoms in total. The molecule has 0 amide bonds. The summed E-state index contributed by atoms with van der Waals surface area (Å²) in [5.74, 6) is 1.18. The van der Waals surface area contributed by atoms with Gasteiger partial charge < -0.3 is 19.9 Å². The van der Waals surface area contributed by atoms with Gasteiger partial charge in [-0.25, -0.2) is 4.98 Å². The summed E-state index contributed by atoms with van der Waals surface area (Å²) in [6.45, 7) is 3.82. The van der Waals surface area contributed by atoms with Crippen molar-refractivity contribution in [2.45, 2.75) is 0 Å². The number of fused-ring (bicyclic) bond motifs is 1. The second-order valence-electron chi connectivity index (χ2n) is 5.72. The van der Waals surface area contributed by atoms with Gasteiger partial charge in [0.25, 0.3) is 0 Å². The van der Waals surface area contributed by atoms with Gasteiger partial charge in [0, 0.05) is 49.5 Å². The molecule has 1 aromatic carbocycles. The highest BCUT2D eigenvalue weighted by Crippen LogP contribution is 2.30. The van der Waals surface area contributed by atoms with Crippen LogP contribution in [-0.2, 0) is 0 Å². The second-order valence-corrected chi connectivity index (χ2v) is 5.72. The van der Waals surface area contributed by atoms with Crippen LogP contribution in [0.15, 0.2) is 42.7 Å². The average Bonchev–Trinajstić information content (AvgIpc) is 3.10. The molecule has 0 radical (unpaired) electrons. The molecule has 1 saturated heterocycles. The number of nitriles is 1. The smallest absolute Gasteiger partial charge is 0.147 e. The first-order valence-electron chi connectivity index (χ1n) is 7.94. The van der Waals surface area contributed by atoms with Crippen LogP contribution >= 0.6 is 0 Å². The molecular weight excluding hydrogens is 302 g/mol. The predicted octanol–water partition coefficient (Wildman–Crippen LogP) is 2.64. The van der Waals surface area contributed by atoms with Gasteiger partial charge in [-0.2, -0.15) is 5.26 Å². The Morgan fingerprint density at radius 1 is 1.17 bits per heavy atom. The molecule has 0 aliphatic carbocycles. The first-order chi connectivity index (χ1) is 11.8. The van der Waals surface area contributed by atoms with Crippen LogP contribution in [0.4, 0.5) is 5.69 Å². The first-order valence-corrected chi connectivity index (χ1v) is 7.94. The number of aromatic nitrogens is 2. The minimum atomic E-state index is 0.517. The minimum Gasteiger partial charge on any atom is -0.454 e. The molecular formula is C18H17N5O. The molecule has 2 N–H and O–H groups in total. The van der Waals surface area contributed by atoms with Gasteiger partial charge in [-0.1, -0.05) is 0 Å². The summed E-state index contributed by atoms with van der Waals surface area (Å²) >= 11 is 0. The van der Waals surface area contributed by atoms with Gasteiger partial charge in [-0.15, -0.1) is 0 Å². The maximum Gasteiger partial charge on any atom is 0.147 e. The Bertz CT molecular complexity index is 905. The Balaban J connectivity index is 1.66. The van der Waals surface area contributed by atoms with Crippen molar-refractivity contribution in [2.24, 2.45) is 0 Å². The zero-order chi connectivity index (χ0) is 16.4. The Morgan fingerprint density at radius 3 is 2.88 bits per heavy atom. The number of pyridine rings is 1. The molecule has 2 aromatic heterocycles. The summed E-state index contributed by atoms with van der Waals surface area (Å²) in [5, 5.41) is 13.7. The fourth-order valence-electron chi connectivity index (χ4n) is 2.91. The van der Waals surface area contributed by atoms with E-state index in [1.54, 1.807) is 6.20 Å². The third-order valence-electron chi connectivity index (χ3n) is 4.17. The molecule has 0 unspecified atom stereocenters. The van der Waals surface area contributed by atoms with E-state index in [2.05, 4.69) is 26.3 Å². The normalized spacial score (nSPS) is 14.5. The van der Waals surface area contributed by atoms with Crippen LogP contribution in [0.2, 0.25) is 0 Å². The molecule has 1 aliphatic heterocycles. The summed E-state index contributed by atoms with van der Waals surface area (Å²) in [6.07, 6.45) is 3.50. The quantitative estimate of drug-likeness (QED) is 0.776. The lowest BCUT2D eigenvalue weighted by Gasteiger charge is -2.29. The monoisotopic (exact) mass is 319 g/mol. The second kappa shape index (κ2) is 6.22. The Morgan fingerprint density at radius 2 is 2.04 bits per heavy atom. The van der Waals surface area contributed by atoms with Crippen LogP contribution < -0.4 is 15.0 Å². The molecule has 3 heterocycles. The van der Waals surface area contributed by atoms with Crippen LogP contribution in [0.3, 0.4) is 0 Å². The third-order valence-corrected chi connectivity index (χ3v) is 4.17. The molecule has 0 saturated carbocycles. The maximum atomic E-state index is 9.36. The van der Waals surface area contributed by atoms with E-state index in [-0.39, 0.29) is 0 Å².